The molecular formula is C20H19FO4. The maximum Gasteiger partial charge on any atom is 0.342 e. The average molecular weight is 342 g/mol. The fraction of sp³-hybridized carbons (Fsp3) is 0.250. The van der Waals surface area contributed by atoms with E-state index in [1.165, 1.54) is 25.3 Å². The SMILES string of the molecule is COC(=O)c1c(O)cc(OC2CCC2)cc1C=Cc1ccc(F)cc1. The van der Waals surface area contributed by atoms with Crippen molar-refractivity contribution in [3.8, 4) is 11.5 Å². The van der Waals surface area contributed by atoms with Gasteiger partial charge in [0.25, 0.3) is 0 Å². The van der Waals surface area contributed by atoms with E-state index in [1.807, 2.05) is 0 Å². The molecule has 0 amide bonds. The maximum absolute atomic E-state index is 13.0. The molecule has 0 saturated heterocycles. The van der Waals surface area contributed by atoms with Crippen LogP contribution in [0.5, 0.6) is 11.5 Å². The Morgan fingerprint density at radius 3 is 2.52 bits per heavy atom. The van der Waals surface area contributed by atoms with Crippen LogP contribution in [-0.4, -0.2) is 24.3 Å². The summed E-state index contributed by atoms with van der Waals surface area (Å²) in [6.45, 7) is 0. The minimum absolute atomic E-state index is 0.0711. The van der Waals surface area contributed by atoms with Crippen molar-refractivity contribution in [3.63, 3.8) is 0 Å². The van der Waals surface area contributed by atoms with E-state index in [0.29, 0.717) is 11.3 Å². The summed E-state index contributed by atoms with van der Waals surface area (Å²) in [6.07, 6.45) is 6.66. The van der Waals surface area contributed by atoms with Crippen LogP contribution in [0.15, 0.2) is 36.4 Å². The zero-order valence-corrected chi connectivity index (χ0v) is 13.9. The molecule has 0 atom stereocenters. The molecule has 0 heterocycles. The molecule has 0 radical (unpaired) electrons. The summed E-state index contributed by atoms with van der Waals surface area (Å²) in [5.74, 6) is -0.636. The predicted octanol–water partition coefficient (Wildman–Crippen LogP) is 4.42. The predicted molar refractivity (Wildman–Crippen MR) is 93.0 cm³/mol. The number of rotatable bonds is 5. The number of carbonyl (C=O) groups excluding carboxylic acids is 1. The summed E-state index contributed by atoms with van der Waals surface area (Å²) >= 11 is 0. The Kier molecular flexibility index (Phi) is 5.03. The number of carbonyl (C=O) groups is 1. The Morgan fingerprint density at radius 1 is 1.20 bits per heavy atom. The Morgan fingerprint density at radius 2 is 1.92 bits per heavy atom. The Balaban J connectivity index is 1.94. The van der Waals surface area contributed by atoms with Crippen molar-refractivity contribution in [1.29, 1.82) is 0 Å². The molecule has 25 heavy (non-hydrogen) atoms. The van der Waals surface area contributed by atoms with E-state index in [-0.39, 0.29) is 23.2 Å². The number of ether oxygens (including phenoxy) is 2. The van der Waals surface area contributed by atoms with E-state index in [4.69, 9.17) is 9.47 Å². The summed E-state index contributed by atoms with van der Waals surface area (Å²) < 4.78 is 23.6. The first-order valence-corrected chi connectivity index (χ1v) is 8.12. The first-order valence-electron chi connectivity index (χ1n) is 8.12. The first kappa shape index (κ1) is 17.0. The molecule has 5 heteroatoms. The van der Waals surface area contributed by atoms with E-state index in [0.717, 1.165) is 24.8 Å². The van der Waals surface area contributed by atoms with Crippen molar-refractivity contribution in [1.82, 2.24) is 0 Å². The quantitative estimate of drug-likeness (QED) is 0.645. The maximum atomic E-state index is 13.0. The number of esters is 1. The number of halogens is 1. The van der Waals surface area contributed by atoms with Gasteiger partial charge in [0, 0.05) is 6.07 Å². The molecule has 0 bridgehead atoms. The van der Waals surface area contributed by atoms with Gasteiger partial charge in [-0.15, -0.1) is 0 Å². The van der Waals surface area contributed by atoms with Gasteiger partial charge in [-0.05, 0) is 48.6 Å². The van der Waals surface area contributed by atoms with Gasteiger partial charge in [0.15, 0.2) is 0 Å². The molecule has 1 fully saturated rings. The van der Waals surface area contributed by atoms with Gasteiger partial charge in [0.2, 0.25) is 0 Å². The summed E-state index contributed by atoms with van der Waals surface area (Å²) in [7, 11) is 1.26. The van der Waals surface area contributed by atoms with E-state index in [9.17, 15) is 14.3 Å². The van der Waals surface area contributed by atoms with Crippen LogP contribution in [0.25, 0.3) is 12.2 Å². The summed E-state index contributed by atoms with van der Waals surface area (Å²) in [4.78, 5) is 12.0. The van der Waals surface area contributed by atoms with Gasteiger partial charge in [-0.2, -0.15) is 0 Å². The lowest BCUT2D eigenvalue weighted by molar-refractivity contribution is 0.0597. The van der Waals surface area contributed by atoms with Crippen molar-refractivity contribution >= 4 is 18.1 Å². The fourth-order valence-corrected chi connectivity index (χ4v) is 2.59. The number of methoxy groups -OCH3 is 1. The Hall–Kier alpha value is -2.82. The minimum Gasteiger partial charge on any atom is -0.507 e. The highest BCUT2D eigenvalue weighted by Crippen LogP contribution is 2.33. The van der Waals surface area contributed by atoms with Gasteiger partial charge in [-0.1, -0.05) is 24.3 Å². The van der Waals surface area contributed by atoms with Crippen LogP contribution in [0.4, 0.5) is 4.39 Å². The third kappa shape index (κ3) is 3.99. The first-order chi connectivity index (χ1) is 12.1. The highest BCUT2D eigenvalue weighted by atomic mass is 19.1. The average Bonchev–Trinajstić information content (AvgIpc) is 2.57. The van der Waals surface area contributed by atoms with Gasteiger partial charge in [0.1, 0.15) is 22.9 Å². The molecule has 1 aliphatic carbocycles. The standard InChI is InChI=1S/C20H19FO4/c1-24-20(23)19-14(8-5-13-6-9-15(21)10-7-13)11-17(12-18(19)22)25-16-3-2-4-16/h5-12,16,22H,2-4H2,1H3. The molecule has 0 aliphatic heterocycles. The summed E-state index contributed by atoms with van der Waals surface area (Å²) in [6, 6.07) is 9.09. The number of phenolic OH excluding ortho intramolecular Hbond substituents is 1. The minimum atomic E-state index is -0.633. The topological polar surface area (TPSA) is 55.8 Å². The van der Waals surface area contributed by atoms with Crippen molar-refractivity contribution in [2.75, 3.05) is 7.11 Å². The number of benzene rings is 2. The number of hydrogen-bond acceptors (Lipinski definition) is 4. The van der Waals surface area contributed by atoms with Crippen LogP contribution in [0.2, 0.25) is 0 Å². The van der Waals surface area contributed by atoms with Crippen molar-refractivity contribution < 1.29 is 23.8 Å². The second-order valence-electron chi connectivity index (χ2n) is 5.95. The van der Waals surface area contributed by atoms with Crippen molar-refractivity contribution in [3.05, 3.63) is 58.9 Å². The van der Waals surface area contributed by atoms with Crippen LogP contribution in [0.1, 0.15) is 40.7 Å². The molecule has 130 valence electrons. The van der Waals surface area contributed by atoms with E-state index in [1.54, 1.807) is 30.4 Å². The molecule has 0 aromatic heterocycles. The molecule has 1 saturated carbocycles. The van der Waals surface area contributed by atoms with E-state index < -0.39 is 5.97 Å². The third-order valence-corrected chi connectivity index (χ3v) is 4.19. The number of aromatic hydroxyl groups is 1. The van der Waals surface area contributed by atoms with Gasteiger partial charge in [0.05, 0.1) is 13.2 Å². The zero-order chi connectivity index (χ0) is 17.8. The number of phenols is 1. The van der Waals surface area contributed by atoms with Crippen LogP contribution in [0, 0.1) is 5.82 Å². The van der Waals surface area contributed by atoms with E-state index in [2.05, 4.69) is 0 Å². The molecule has 0 unspecified atom stereocenters. The molecule has 1 aliphatic rings. The largest absolute Gasteiger partial charge is 0.507 e. The Labute approximate surface area is 145 Å². The second-order valence-corrected chi connectivity index (χ2v) is 5.95. The van der Waals surface area contributed by atoms with Gasteiger partial charge in [-0.3, -0.25) is 0 Å². The highest BCUT2D eigenvalue weighted by molar-refractivity contribution is 5.98. The molecule has 3 rings (SSSR count). The lowest BCUT2D eigenvalue weighted by atomic mass is 9.96. The Bertz CT molecular complexity index is 792. The molecule has 1 N–H and O–H groups in total. The molecule has 2 aromatic carbocycles. The lowest BCUT2D eigenvalue weighted by Crippen LogP contribution is -2.24. The van der Waals surface area contributed by atoms with Gasteiger partial charge < -0.3 is 14.6 Å². The zero-order valence-electron chi connectivity index (χ0n) is 13.9. The lowest BCUT2D eigenvalue weighted by Gasteiger charge is -2.26. The highest BCUT2D eigenvalue weighted by Gasteiger charge is 2.22. The van der Waals surface area contributed by atoms with Crippen LogP contribution >= 0.6 is 0 Å². The van der Waals surface area contributed by atoms with E-state index >= 15 is 0 Å². The van der Waals surface area contributed by atoms with Crippen LogP contribution in [0.3, 0.4) is 0 Å². The summed E-state index contributed by atoms with van der Waals surface area (Å²) in [5, 5.41) is 10.2. The molecule has 0 spiro atoms. The smallest absolute Gasteiger partial charge is 0.342 e. The van der Waals surface area contributed by atoms with Gasteiger partial charge >= 0.3 is 5.97 Å². The van der Waals surface area contributed by atoms with Crippen LogP contribution in [-0.2, 0) is 4.74 Å². The number of hydrogen-bond donors (Lipinski definition) is 1. The second kappa shape index (κ2) is 7.38. The normalized spacial score (nSPS) is 14.3. The monoisotopic (exact) mass is 342 g/mol. The van der Waals surface area contributed by atoms with Crippen molar-refractivity contribution in [2.45, 2.75) is 25.4 Å². The third-order valence-electron chi connectivity index (χ3n) is 4.19. The van der Waals surface area contributed by atoms with Crippen LogP contribution < -0.4 is 4.74 Å². The molecule has 2 aromatic rings. The fourth-order valence-electron chi connectivity index (χ4n) is 2.59. The summed E-state index contributed by atoms with van der Waals surface area (Å²) in [5.41, 5.74) is 1.31. The van der Waals surface area contributed by atoms with Crippen molar-refractivity contribution in [2.24, 2.45) is 0 Å². The molecular weight excluding hydrogens is 323 g/mol. The van der Waals surface area contributed by atoms with Gasteiger partial charge in [-0.25, -0.2) is 9.18 Å². The molecule has 4 nitrogen and oxygen atoms in total.